The lowest BCUT2D eigenvalue weighted by atomic mass is 10.0. The molecule has 0 bridgehead atoms. The van der Waals surface area contributed by atoms with Crippen molar-refractivity contribution in [1.29, 1.82) is 0 Å². The second-order valence-electron chi connectivity index (χ2n) is 6.97. The zero-order valence-corrected chi connectivity index (χ0v) is 16.0. The van der Waals surface area contributed by atoms with Crippen LogP contribution in [0, 0.1) is 0 Å². The average molecular weight is 328 g/mol. The zero-order valence-electron chi connectivity index (χ0n) is 15.0. The predicted molar refractivity (Wildman–Crippen MR) is 103 cm³/mol. The highest BCUT2D eigenvalue weighted by Gasteiger charge is 2.58. The lowest BCUT2D eigenvalue weighted by Crippen LogP contribution is -2.47. The van der Waals surface area contributed by atoms with Crippen LogP contribution in [0.1, 0.15) is 40.5 Å². The number of allylic oxidation sites excluding steroid dienone is 8. The summed E-state index contributed by atoms with van der Waals surface area (Å²) >= 11 is 0. The molecule has 2 aliphatic heterocycles. The summed E-state index contributed by atoms with van der Waals surface area (Å²) in [7, 11) is 3.33. The van der Waals surface area contributed by atoms with Crippen LogP contribution in [0.5, 0.6) is 0 Å². The first kappa shape index (κ1) is 16.6. The van der Waals surface area contributed by atoms with E-state index in [0.717, 1.165) is 27.1 Å². The van der Waals surface area contributed by atoms with Gasteiger partial charge in [0, 0.05) is 30.0 Å². The third-order valence-corrected chi connectivity index (χ3v) is 7.39. The van der Waals surface area contributed by atoms with E-state index in [2.05, 4.69) is 87.1 Å². The minimum Gasteiger partial charge on any atom is -0.352 e. The molecule has 4 unspecified atom stereocenters. The first-order valence-electron chi connectivity index (χ1n) is 8.70. The van der Waals surface area contributed by atoms with Crippen LogP contribution in [0.25, 0.3) is 0 Å². The number of nitrogens with zero attached hydrogens (tertiary/aromatic N) is 2. The summed E-state index contributed by atoms with van der Waals surface area (Å²) in [5.74, 6) is 0. The van der Waals surface area contributed by atoms with Gasteiger partial charge in [0.2, 0.25) is 0 Å². The van der Waals surface area contributed by atoms with Crippen molar-refractivity contribution in [2.45, 2.75) is 57.5 Å². The Bertz CT molecular complexity index is 626. The highest BCUT2D eigenvalue weighted by atomic mass is 31.1. The van der Waals surface area contributed by atoms with Gasteiger partial charge in [0.15, 0.2) is 0 Å². The van der Waals surface area contributed by atoms with Crippen LogP contribution in [-0.4, -0.2) is 33.8 Å². The van der Waals surface area contributed by atoms with Crippen molar-refractivity contribution in [3.8, 4) is 0 Å². The van der Waals surface area contributed by atoms with E-state index in [1.165, 1.54) is 17.1 Å². The summed E-state index contributed by atoms with van der Waals surface area (Å²) < 4.78 is 0. The molecule has 0 aromatic carbocycles. The molecule has 0 aromatic rings. The maximum absolute atomic E-state index is 2.60. The van der Waals surface area contributed by atoms with Crippen LogP contribution < -0.4 is 0 Å². The molecule has 0 N–H and O–H groups in total. The maximum Gasteiger partial charge on any atom is 0.115 e. The van der Waals surface area contributed by atoms with Gasteiger partial charge in [-0.25, -0.2) is 0 Å². The molecule has 3 aliphatic rings. The normalized spacial score (nSPS) is 34.7. The van der Waals surface area contributed by atoms with Crippen LogP contribution >= 0.6 is 8.58 Å². The summed E-state index contributed by atoms with van der Waals surface area (Å²) in [5.41, 5.74) is 5.01. The van der Waals surface area contributed by atoms with E-state index in [1.54, 1.807) is 0 Å². The van der Waals surface area contributed by atoms with Crippen LogP contribution in [0.4, 0.5) is 0 Å². The molecule has 2 nitrogen and oxygen atoms in total. The number of hydrogen-bond acceptors (Lipinski definition) is 2. The molecule has 2 heterocycles. The Morgan fingerprint density at radius 1 is 1.43 bits per heavy atom. The zero-order chi connectivity index (χ0) is 16.6. The SMILES string of the molecule is CC/C=C\C=C(/C)N1C2=C(C=CC=CC2)N(C)C1C1(C)PC1C. The largest absolute Gasteiger partial charge is 0.352 e. The predicted octanol–water partition coefficient (Wildman–Crippen LogP) is 5.00. The molecule has 4 atom stereocenters. The van der Waals surface area contributed by atoms with Gasteiger partial charge >= 0.3 is 0 Å². The summed E-state index contributed by atoms with van der Waals surface area (Å²) in [4.78, 5) is 5.11. The first-order valence-corrected chi connectivity index (χ1v) is 9.78. The van der Waals surface area contributed by atoms with Crippen LogP contribution in [-0.2, 0) is 0 Å². The lowest BCUT2D eigenvalue weighted by Gasteiger charge is -2.38. The van der Waals surface area contributed by atoms with Crippen molar-refractivity contribution >= 4 is 8.58 Å². The van der Waals surface area contributed by atoms with Gasteiger partial charge in [-0.15, -0.1) is 8.58 Å². The molecule has 0 saturated carbocycles. The second kappa shape index (κ2) is 6.32. The Kier molecular flexibility index (Phi) is 4.56. The van der Waals surface area contributed by atoms with Gasteiger partial charge in [-0.2, -0.15) is 0 Å². The van der Waals surface area contributed by atoms with Crippen LogP contribution in [0.3, 0.4) is 0 Å². The van der Waals surface area contributed by atoms with E-state index in [0.29, 0.717) is 11.3 Å². The minimum absolute atomic E-state index is 0.405. The summed E-state index contributed by atoms with van der Waals surface area (Å²) in [6.07, 6.45) is 18.1. The molecule has 1 saturated heterocycles. The van der Waals surface area contributed by atoms with E-state index >= 15 is 0 Å². The molecule has 0 amide bonds. The van der Waals surface area contributed by atoms with Gasteiger partial charge in [0.1, 0.15) is 6.17 Å². The van der Waals surface area contributed by atoms with Gasteiger partial charge in [-0.3, -0.25) is 0 Å². The second-order valence-corrected chi connectivity index (χ2v) is 9.20. The molecular weight excluding hydrogens is 299 g/mol. The van der Waals surface area contributed by atoms with Crippen LogP contribution in [0.15, 0.2) is 59.6 Å². The molecule has 0 aromatic heterocycles. The van der Waals surface area contributed by atoms with E-state index in [9.17, 15) is 0 Å². The van der Waals surface area contributed by atoms with E-state index < -0.39 is 0 Å². The molecule has 1 fully saturated rings. The molecule has 0 radical (unpaired) electrons. The van der Waals surface area contributed by atoms with Crippen molar-refractivity contribution in [1.82, 2.24) is 9.80 Å². The van der Waals surface area contributed by atoms with Crippen molar-refractivity contribution in [3.63, 3.8) is 0 Å². The fraction of sp³-hybridized carbons (Fsp3) is 0.500. The third kappa shape index (κ3) is 2.83. The highest BCUT2D eigenvalue weighted by molar-refractivity contribution is 7.50. The Morgan fingerprint density at radius 3 is 2.83 bits per heavy atom. The van der Waals surface area contributed by atoms with E-state index in [1.807, 2.05) is 0 Å². The number of likely N-dealkylation sites (N-methyl/N-ethyl adjacent to an activating group) is 1. The minimum atomic E-state index is 0.405. The molecule has 23 heavy (non-hydrogen) atoms. The van der Waals surface area contributed by atoms with E-state index in [4.69, 9.17) is 0 Å². The quantitative estimate of drug-likeness (QED) is 0.529. The Balaban J connectivity index is 2.00. The fourth-order valence-electron chi connectivity index (χ4n) is 3.82. The van der Waals surface area contributed by atoms with Gasteiger partial charge < -0.3 is 9.80 Å². The highest BCUT2D eigenvalue weighted by Crippen LogP contribution is 2.65. The van der Waals surface area contributed by atoms with Crippen molar-refractivity contribution < 1.29 is 0 Å². The molecule has 0 spiro atoms. The summed E-state index contributed by atoms with van der Waals surface area (Å²) in [6.45, 7) is 9.31. The monoisotopic (exact) mass is 328 g/mol. The number of rotatable bonds is 4. The van der Waals surface area contributed by atoms with Crippen molar-refractivity contribution in [2.75, 3.05) is 7.05 Å². The summed E-state index contributed by atoms with van der Waals surface area (Å²) in [5, 5.41) is 0.405. The Labute approximate surface area is 143 Å². The Morgan fingerprint density at radius 2 is 2.17 bits per heavy atom. The van der Waals surface area contributed by atoms with Crippen molar-refractivity contribution in [2.24, 2.45) is 0 Å². The smallest absolute Gasteiger partial charge is 0.115 e. The molecule has 124 valence electrons. The van der Waals surface area contributed by atoms with Gasteiger partial charge in [-0.1, -0.05) is 51.2 Å². The number of hydrogen-bond donors (Lipinski definition) is 0. The molecule has 3 rings (SSSR count). The van der Waals surface area contributed by atoms with Crippen molar-refractivity contribution in [3.05, 3.63) is 59.6 Å². The maximum atomic E-state index is 2.60. The topological polar surface area (TPSA) is 6.48 Å². The van der Waals surface area contributed by atoms with Gasteiger partial charge in [0.25, 0.3) is 0 Å². The van der Waals surface area contributed by atoms with Gasteiger partial charge in [0.05, 0.1) is 5.70 Å². The average Bonchev–Trinajstić information content (AvgIpc) is 3.12. The van der Waals surface area contributed by atoms with Gasteiger partial charge in [-0.05, 0) is 31.2 Å². The molecular formula is C20H29N2P. The standard InChI is InChI=1S/C20H29N2P/c1-6-7-9-12-15(2)22-18-14-11-8-10-13-17(18)21(5)19(22)20(4)16(3)23-20/h7-13,16,19,23H,6,14H2,1-5H3/b9-7-,15-12+. The van der Waals surface area contributed by atoms with E-state index in [-0.39, 0.29) is 0 Å². The third-order valence-electron chi connectivity index (χ3n) is 5.36. The Hall–Kier alpha value is -1.27. The van der Waals surface area contributed by atoms with Crippen LogP contribution in [0.2, 0.25) is 0 Å². The lowest BCUT2D eigenvalue weighted by molar-refractivity contribution is 0.166. The fourth-order valence-corrected chi connectivity index (χ4v) is 5.29. The summed E-state index contributed by atoms with van der Waals surface area (Å²) in [6, 6.07) is 0. The molecule has 1 aliphatic carbocycles. The first-order chi connectivity index (χ1) is 11.0. The molecule has 3 heteroatoms.